The molecule has 148 valence electrons. The zero-order valence-corrected chi connectivity index (χ0v) is 16.2. The van der Waals surface area contributed by atoms with Crippen molar-refractivity contribution >= 4 is 28.5 Å². The molecule has 8 heteroatoms. The second kappa shape index (κ2) is 8.56. The van der Waals surface area contributed by atoms with E-state index in [0.29, 0.717) is 21.8 Å². The van der Waals surface area contributed by atoms with E-state index in [1.807, 2.05) is 0 Å². The van der Waals surface area contributed by atoms with E-state index in [2.05, 4.69) is 10.3 Å². The first kappa shape index (κ1) is 20.1. The molecule has 0 saturated carbocycles. The van der Waals surface area contributed by atoms with Crippen LogP contribution < -0.4 is 10.1 Å². The van der Waals surface area contributed by atoms with Gasteiger partial charge in [0, 0.05) is 17.5 Å². The van der Waals surface area contributed by atoms with Gasteiger partial charge in [-0.3, -0.25) is 9.36 Å². The Hall–Kier alpha value is -2.67. The fraction of sp³-hybridized carbons (Fsp3) is 0.300. The number of fused-ring (bicyclic) bond motifs is 1. The molecule has 0 radical (unpaired) electrons. The van der Waals surface area contributed by atoms with Crippen LogP contribution in [0.5, 0.6) is 5.75 Å². The lowest BCUT2D eigenvalue weighted by Crippen LogP contribution is -2.38. The normalized spacial score (nSPS) is 13.5. The van der Waals surface area contributed by atoms with Gasteiger partial charge in [-0.2, -0.15) is 8.78 Å². The van der Waals surface area contributed by atoms with Gasteiger partial charge in [0.25, 0.3) is 5.91 Å². The number of carbonyl (C=O) groups excluding carboxylic acids is 1. The van der Waals surface area contributed by atoms with E-state index in [0.717, 1.165) is 4.57 Å². The minimum absolute atomic E-state index is 0.156. The molecular weight excluding hydrogens is 388 g/mol. The van der Waals surface area contributed by atoms with Crippen LogP contribution in [-0.4, -0.2) is 28.1 Å². The zero-order valence-electron chi connectivity index (χ0n) is 15.4. The highest BCUT2D eigenvalue weighted by molar-refractivity contribution is 6.30. The van der Waals surface area contributed by atoms with E-state index >= 15 is 0 Å². The molecule has 1 heterocycles. The van der Waals surface area contributed by atoms with E-state index in [4.69, 9.17) is 16.3 Å². The van der Waals surface area contributed by atoms with Crippen LogP contribution in [0.2, 0.25) is 5.02 Å². The molecule has 2 unspecified atom stereocenters. The quantitative estimate of drug-likeness (QED) is 0.613. The Bertz CT molecular complexity index is 960. The topological polar surface area (TPSA) is 56.1 Å². The van der Waals surface area contributed by atoms with Crippen LogP contribution in [0.15, 0.2) is 48.5 Å². The van der Waals surface area contributed by atoms with Gasteiger partial charge in [0.05, 0.1) is 11.0 Å². The Balaban J connectivity index is 1.65. The largest absolute Gasteiger partial charge is 0.481 e. The van der Waals surface area contributed by atoms with Gasteiger partial charge in [0.2, 0.25) is 0 Å². The second-order valence-electron chi connectivity index (χ2n) is 6.47. The summed E-state index contributed by atoms with van der Waals surface area (Å²) in [6, 6.07) is 13.4. The summed E-state index contributed by atoms with van der Waals surface area (Å²) < 4.78 is 33.6. The number of benzene rings is 2. The first-order valence-corrected chi connectivity index (χ1v) is 9.19. The molecule has 1 N–H and O–H groups in total. The van der Waals surface area contributed by atoms with Crippen LogP contribution in [0, 0.1) is 0 Å². The molecule has 1 aromatic heterocycles. The van der Waals surface area contributed by atoms with Crippen molar-refractivity contribution in [3.05, 3.63) is 59.4 Å². The van der Waals surface area contributed by atoms with Crippen LogP contribution in [0.3, 0.4) is 0 Å². The highest BCUT2D eigenvalue weighted by Crippen LogP contribution is 2.27. The molecule has 0 aliphatic heterocycles. The second-order valence-corrected chi connectivity index (χ2v) is 6.90. The molecule has 0 bridgehead atoms. The van der Waals surface area contributed by atoms with E-state index in [-0.39, 0.29) is 18.3 Å². The molecule has 3 rings (SSSR count). The van der Waals surface area contributed by atoms with Crippen LogP contribution in [0.25, 0.3) is 11.0 Å². The number of aromatic nitrogens is 2. The molecule has 2 aromatic carbocycles. The van der Waals surface area contributed by atoms with Crippen molar-refractivity contribution in [2.45, 2.75) is 32.4 Å². The Morgan fingerprint density at radius 1 is 1.18 bits per heavy atom. The summed E-state index contributed by atoms with van der Waals surface area (Å²) in [5.74, 6) is -0.0167. The van der Waals surface area contributed by atoms with Crippen molar-refractivity contribution in [2.75, 3.05) is 6.54 Å². The van der Waals surface area contributed by atoms with Gasteiger partial charge in [0.1, 0.15) is 11.6 Å². The van der Waals surface area contributed by atoms with E-state index in [9.17, 15) is 13.6 Å². The number of alkyl halides is 2. The number of hydrogen-bond donors (Lipinski definition) is 1. The van der Waals surface area contributed by atoms with Gasteiger partial charge < -0.3 is 10.1 Å². The number of halogens is 3. The van der Waals surface area contributed by atoms with Gasteiger partial charge in [0.15, 0.2) is 6.10 Å². The lowest BCUT2D eigenvalue weighted by atomic mass is 10.1. The number of amides is 1. The molecule has 0 aliphatic carbocycles. The van der Waals surface area contributed by atoms with Crippen LogP contribution in [-0.2, 0) is 4.79 Å². The van der Waals surface area contributed by atoms with Crippen molar-refractivity contribution in [1.29, 1.82) is 0 Å². The number of ether oxygens (including phenoxy) is 1. The van der Waals surface area contributed by atoms with E-state index in [1.165, 1.54) is 0 Å². The standard InChI is InChI=1S/C20H20ClF2N3O2/c1-12(18-25-16-5-3-4-6-17(16)26(18)20(22)23)11-24-19(27)13(2)28-15-9-7-14(21)8-10-15/h3-10,12-13,20H,11H2,1-2H3,(H,24,27). The Kier molecular flexibility index (Phi) is 6.14. The maximum Gasteiger partial charge on any atom is 0.320 e. The van der Waals surface area contributed by atoms with E-state index in [1.54, 1.807) is 62.4 Å². The average molecular weight is 408 g/mol. The van der Waals surface area contributed by atoms with Crippen LogP contribution >= 0.6 is 11.6 Å². The molecule has 28 heavy (non-hydrogen) atoms. The smallest absolute Gasteiger partial charge is 0.320 e. The summed E-state index contributed by atoms with van der Waals surface area (Å²) in [6.45, 7) is 0.796. The third kappa shape index (κ3) is 4.42. The molecule has 0 aliphatic rings. The average Bonchev–Trinajstić information content (AvgIpc) is 3.07. The molecular formula is C20H20ClF2N3O2. The number of nitrogens with one attached hydrogen (secondary N) is 1. The summed E-state index contributed by atoms with van der Waals surface area (Å²) in [5.41, 5.74) is 0.862. The lowest BCUT2D eigenvalue weighted by molar-refractivity contribution is -0.127. The third-order valence-corrected chi connectivity index (χ3v) is 4.59. The van der Waals surface area contributed by atoms with Crippen molar-refractivity contribution in [3.8, 4) is 5.75 Å². The van der Waals surface area contributed by atoms with E-state index < -0.39 is 18.6 Å². The molecule has 5 nitrogen and oxygen atoms in total. The van der Waals surface area contributed by atoms with Gasteiger partial charge in [-0.25, -0.2) is 4.98 Å². The SMILES string of the molecule is CC(Oc1ccc(Cl)cc1)C(=O)NCC(C)c1nc2ccccc2n1C(F)F. The fourth-order valence-electron chi connectivity index (χ4n) is 2.88. The van der Waals surface area contributed by atoms with Crippen LogP contribution in [0.4, 0.5) is 8.78 Å². The number of imidazole rings is 1. The Morgan fingerprint density at radius 2 is 1.86 bits per heavy atom. The number of rotatable bonds is 7. The van der Waals surface area contributed by atoms with Crippen molar-refractivity contribution < 1.29 is 18.3 Å². The third-order valence-electron chi connectivity index (χ3n) is 4.34. The predicted molar refractivity (Wildman–Crippen MR) is 104 cm³/mol. The van der Waals surface area contributed by atoms with Gasteiger partial charge in [-0.15, -0.1) is 0 Å². The number of carbonyl (C=O) groups is 1. The van der Waals surface area contributed by atoms with Gasteiger partial charge >= 0.3 is 6.55 Å². The maximum atomic E-state index is 13.6. The van der Waals surface area contributed by atoms with Gasteiger partial charge in [-0.1, -0.05) is 30.7 Å². The monoisotopic (exact) mass is 407 g/mol. The number of hydrogen-bond acceptors (Lipinski definition) is 3. The highest BCUT2D eigenvalue weighted by Gasteiger charge is 2.23. The Morgan fingerprint density at radius 3 is 2.54 bits per heavy atom. The maximum absolute atomic E-state index is 13.6. The number of nitrogens with zero attached hydrogens (tertiary/aromatic N) is 2. The summed E-state index contributed by atoms with van der Waals surface area (Å²) in [7, 11) is 0. The lowest BCUT2D eigenvalue weighted by Gasteiger charge is -2.18. The molecule has 0 spiro atoms. The molecule has 2 atom stereocenters. The Labute approximate surface area is 166 Å². The van der Waals surface area contributed by atoms with Gasteiger partial charge in [-0.05, 0) is 43.3 Å². The summed E-state index contributed by atoms with van der Waals surface area (Å²) >= 11 is 5.82. The number of para-hydroxylation sites is 2. The molecule has 1 amide bonds. The molecule has 0 saturated heterocycles. The minimum Gasteiger partial charge on any atom is -0.481 e. The van der Waals surface area contributed by atoms with Crippen molar-refractivity contribution in [2.24, 2.45) is 0 Å². The molecule has 0 fully saturated rings. The highest BCUT2D eigenvalue weighted by atomic mass is 35.5. The zero-order chi connectivity index (χ0) is 20.3. The summed E-state index contributed by atoms with van der Waals surface area (Å²) in [5, 5.41) is 3.30. The fourth-order valence-corrected chi connectivity index (χ4v) is 3.00. The first-order chi connectivity index (χ1) is 13.4. The predicted octanol–water partition coefficient (Wildman–Crippen LogP) is 4.77. The molecule has 3 aromatic rings. The first-order valence-electron chi connectivity index (χ1n) is 8.81. The minimum atomic E-state index is -2.72. The van der Waals surface area contributed by atoms with Crippen molar-refractivity contribution in [3.63, 3.8) is 0 Å². The van der Waals surface area contributed by atoms with Crippen molar-refractivity contribution in [1.82, 2.24) is 14.9 Å². The summed E-state index contributed by atoms with van der Waals surface area (Å²) in [6.07, 6.45) is -0.748. The van der Waals surface area contributed by atoms with Crippen LogP contribution in [0.1, 0.15) is 32.1 Å². The summed E-state index contributed by atoms with van der Waals surface area (Å²) in [4.78, 5) is 16.6.